The van der Waals surface area contributed by atoms with Crippen molar-refractivity contribution in [3.8, 4) is 0 Å². The molecule has 3 nitrogen and oxygen atoms in total. The van der Waals surface area contributed by atoms with Crippen LogP contribution in [-0.4, -0.2) is 22.7 Å². The lowest BCUT2D eigenvalue weighted by Gasteiger charge is -2.33. The predicted octanol–water partition coefficient (Wildman–Crippen LogP) is 3.61. The van der Waals surface area contributed by atoms with Crippen molar-refractivity contribution in [3.05, 3.63) is 22.3 Å². The highest BCUT2D eigenvalue weighted by molar-refractivity contribution is 9.10. The molecule has 0 saturated carbocycles. The van der Waals surface area contributed by atoms with Gasteiger partial charge in [-0.1, -0.05) is 27.7 Å². The van der Waals surface area contributed by atoms with E-state index in [-0.39, 0.29) is 17.4 Å². The minimum Gasteiger partial charge on any atom is -0.392 e. The minimum absolute atomic E-state index is 0.184. The second-order valence-corrected chi connectivity index (χ2v) is 6.65. The zero-order chi connectivity index (χ0) is 13.9. The average Bonchev–Trinajstić information content (AvgIpc) is 2.29. The van der Waals surface area contributed by atoms with E-state index in [1.807, 2.05) is 32.9 Å². The Morgan fingerprint density at radius 2 is 2.00 bits per heavy atom. The van der Waals surface area contributed by atoms with Crippen LogP contribution in [-0.2, 0) is 0 Å². The quantitative estimate of drug-likeness (QED) is 0.872. The Kier molecular flexibility index (Phi) is 5.17. The number of nitrogens with zero attached hydrogens (tertiary/aromatic N) is 1. The number of hydrogen-bond donors (Lipinski definition) is 2. The first-order valence-electron chi connectivity index (χ1n) is 6.29. The molecule has 0 aliphatic carbocycles. The standard InChI is InChI=1S/C14H23BrN2O/c1-9(2)13(18)14(4,5)8-16-12-7-6-11(15)10(3)17-12/h6-7,9,13,18H,8H2,1-5H3,(H,16,17). The summed E-state index contributed by atoms with van der Waals surface area (Å²) in [5.41, 5.74) is 0.777. The maximum atomic E-state index is 10.2. The van der Waals surface area contributed by atoms with Crippen molar-refractivity contribution < 1.29 is 5.11 Å². The lowest BCUT2D eigenvalue weighted by molar-refractivity contribution is 0.0210. The number of aliphatic hydroxyl groups is 1. The SMILES string of the molecule is Cc1nc(NCC(C)(C)C(O)C(C)C)ccc1Br. The zero-order valence-corrected chi connectivity index (χ0v) is 13.4. The van der Waals surface area contributed by atoms with Crippen LogP contribution in [0.1, 0.15) is 33.4 Å². The fourth-order valence-corrected chi connectivity index (χ4v) is 2.19. The second-order valence-electron chi connectivity index (χ2n) is 5.79. The molecule has 2 N–H and O–H groups in total. The van der Waals surface area contributed by atoms with Gasteiger partial charge in [0.2, 0.25) is 0 Å². The molecular weight excluding hydrogens is 292 g/mol. The summed E-state index contributed by atoms with van der Waals surface area (Å²) in [6, 6.07) is 3.92. The van der Waals surface area contributed by atoms with Crippen LogP contribution in [0.2, 0.25) is 0 Å². The molecule has 1 aromatic rings. The molecule has 0 aromatic carbocycles. The molecule has 1 atom stereocenters. The van der Waals surface area contributed by atoms with Crippen LogP contribution in [0.3, 0.4) is 0 Å². The van der Waals surface area contributed by atoms with Gasteiger partial charge in [-0.25, -0.2) is 4.98 Å². The van der Waals surface area contributed by atoms with E-state index in [0.29, 0.717) is 6.54 Å². The average molecular weight is 315 g/mol. The lowest BCUT2D eigenvalue weighted by atomic mass is 9.81. The number of halogens is 1. The zero-order valence-electron chi connectivity index (χ0n) is 11.8. The predicted molar refractivity (Wildman–Crippen MR) is 79.8 cm³/mol. The normalized spacial score (nSPS) is 13.8. The number of anilines is 1. The summed E-state index contributed by atoms with van der Waals surface area (Å²) in [4.78, 5) is 4.44. The molecule has 4 heteroatoms. The monoisotopic (exact) mass is 314 g/mol. The summed E-state index contributed by atoms with van der Waals surface area (Å²) < 4.78 is 1.01. The van der Waals surface area contributed by atoms with E-state index in [0.717, 1.165) is 16.0 Å². The van der Waals surface area contributed by atoms with Crippen molar-refractivity contribution in [1.29, 1.82) is 0 Å². The van der Waals surface area contributed by atoms with Crippen molar-refractivity contribution >= 4 is 21.7 Å². The number of aliphatic hydroxyl groups excluding tert-OH is 1. The molecule has 0 fully saturated rings. The van der Waals surface area contributed by atoms with Crippen molar-refractivity contribution in [2.75, 3.05) is 11.9 Å². The first-order valence-corrected chi connectivity index (χ1v) is 7.08. The third-order valence-corrected chi connectivity index (χ3v) is 4.02. The molecule has 1 rings (SSSR count). The molecule has 1 heterocycles. The molecule has 18 heavy (non-hydrogen) atoms. The Morgan fingerprint density at radius 1 is 1.39 bits per heavy atom. The Bertz CT molecular complexity index is 405. The van der Waals surface area contributed by atoms with E-state index in [1.54, 1.807) is 0 Å². The maximum absolute atomic E-state index is 10.2. The van der Waals surface area contributed by atoms with Crippen LogP contribution in [0.25, 0.3) is 0 Å². The van der Waals surface area contributed by atoms with Crippen molar-refractivity contribution in [1.82, 2.24) is 4.98 Å². The van der Waals surface area contributed by atoms with Gasteiger partial charge in [-0.3, -0.25) is 0 Å². The second kappa shape index (κ2) is 6.02. The smallest absolute Gasteiger partial charge is 0.126 e. The first-order chi connectivity index (χ1) is 8.24. The maximum Gasteiger partial charge on any atom is 0.126 e. The molecule has 0 bridgehead atoms. The molecule has 0 aliphatic rings. The third-order valence-electron chi connectivity index (χ3n) is 3.18. The Hall–Kier alpha value is -0.610. The molecule has 1 unspecified atom stereocenters. The van der Waals surface area contributed by atoms with Crippen LogP contribution < -0.4 is 5.32 Å². The fraction of sp³-hybridized carbons (Fsp3) is 0.643. The Balaban J connectivity index is 2.66. The van der Waals surface area contributed by atoms with E-state index >= 15 is 0 Å². The summed E-state index contributed by atoms with van der Waals surface area (Å²) in [7, 11) is 0. The number of aryl methyl sites for hydroxylation is 1. The Labute approximate surface area is 118 Å². The molecule has 1 aromatic heterocycles. The molecule has 102 valence electrons. The number of pyridine rings is 1. The van der Waals surface area contributed by atoms with Gasteiger partial charge < -0.3 is 10.4 Å². The van der Waals surface area contributed by atoms with Crippen molar-refractivity contribution in [2.45, 2.75) is 40.7 Å². The van der Waals surface area contributed by atoms with Crippen LogP contribution >= 0.6 is 15.9 Å². The van der Waals surface area contributed by atoms with E-state index in [9.17, 15) is 5.11 Å². The highest BCUT2D eigenvalue weighted by Crippen LogP contribution is 2.26. The van der Waals surface area contributed by atoms with Crippen LogP contribution in [0.15, 0.2) is 16.6 Å². The minimum atomic E-state index is -0.332. The number of aromatic nitrogens is 1. The highest BCUT2D eigenvalue weighted by Gasteiger charge is 2.29. The van der Waals surface area contributed by atoms with Crippen molar-refractivity contribution in [2.24, 2.45) is 11.3 Å². The van der Waals surface area contributed by atoms with Gasteiger partial charge in [0.05, 0.1) is 11.8 Å². The van der Waals surface area contributed by atoms with E-state index in [4.69, 9.17) is 0 Å². The van der Waals surface area contributed by atoms with Crippen LogP contribution in [0, 0.1) is 18.3 Å². The number of hydrogen-bond acceptors (Lipinski definition) is 3. The van der Waals surface area contributed by atoms with Gasteiger partial charge in [-0.15, -0.1) is 0 Å². The van der Waals surface area contributed by atoms with Crippen molar-refractivity contribution in [3.63, 3.8) is 0 Å². The molecule has 0 aliphatic heterocycles. The van der Waals surface area contributed by atoms with Gasteiger partial charge >= 0.3 is 0 Å². The van der Waals surface area contributed by atoms with Crippen LogP contribution in [0.4, 0.5) is 5.82 Å². The van der Waals surface area contributed by atoms with Gasteiger partial charge in [-0.2, -0.15) is 0 Å². The highest BCUT2D eigenvalue weighted by atomic mass is 79.9. The third kappa shape index (κ3) is 3.95. The van der Waals surface area contributed by atoms with E-state index in [2.05, 4.69) is 40.1 Å². The summed E-state index contributed by atoms with van der Waals surface area (Å²) in [6.45, 7) is 10.9. The van der Waals surface area contributed by atoms with E-state index in [1.165, 1.54) is 0 Å². The van der Waals surface area contributed by atoms with Gasteiger partial charge in [0.15, 0.2) is 0 Å². The summed E-state index contributed by atoms with van der Waals surface area (Å²) >= 11 is 3.43. The van der Waals surface area contributed by atoms with Gasteiger partial charge in [0.25, 0.3) is 0 Å². The first kappa shape index (κ1) is 15.4. The molecule has 0 spiro atoms. The molecule has 0 saturated heterocycles. The molecule has 0 amide bonds. The van der Waals surface area contributed by atoms with Gasteiger partial charge in [0.1, 0.15) is 5.82 Å². The summed E-state index contributed by atoms with van der Waals surface area (Å²) in [5.74, 6) is 1.10. The summed E-state index contributed by atoms with van der Waals surface area (Å²) in [5, 5.41) is 13.5. The number of rotatable bonds is 5. The van der Waals surface area contributed by atoms with E-state index < -0.39 is 0 Å². The largest absolute Gasteiger partial charge is 0.392 e. The number of nitrogens with one attached hydrogen (secondary N) is 1. The lowest BCUT2D eigenvalue weighted by Crippen LogP contribution is -2.39. The van der Waals surface area contributed by atoms with Crippen LogP contribution in [0.5, 0.6) is 0 Å². The van der Waals surface area contributed by atoms with Gasteiger partial charge in [0, 0.05) is 16.4 Å². The fourth-order valence-electron chi connectivity index (χ4n) is 1.97. The van der Waals surface area contributed by atoms with Gasteiger partial charge in [-0.05, 0) is 40.9 Å². The molecule has 0 radical (unpaired) electrons. The Morgan fingerprint density at radius 3 is 2.50 bits per heavy atom. The summed E-state index contributed by atoms with van der Waals surface area (Å²) in [6.07, 6.45) is -0.332. The topological polar surface area (TPSA) is 45.2 Å². The molecular formula is C14H23BrN2O.